The molecule has 146 valence electrons. The van der Waals surface area contributed by atoms with Crippen LogP contribution < -0.4 is 10.6 Å². The van der Waals surface area contributed by atoms with Crippen LogP contribution in [0, 0.1) is 0 Å². The minimum absolute atomic E-state index is 0.0255. The highest BCUT2D eigenvalue weighted by molar-refractivity contribution is 6.02. The van der Waals surface area contributed by atoms with E-state index in [1.165, 1.54) is 0 Å². The molecule has 3 atom stereocenters. The first-order valence-electron chi connectivity index (χ1n) is 10.2. The summed E-state index contributed by atoms with van der Waals surface area (Å²) in [4.78, 5) is 31.4. The number of carbonyl (C=O) groups is 2. The quantitative estimate of drug-likeness (QED) is 0.634. The molecule has 6 heteroatoms. The van der Waals surface area contributed by atoms with Gasteiger partial charge >= 0.3 is 0 Å². The van der Waals surface area contributed by atoms with Gasteiger partial charge in [-0.05, 0) is 36.6 Å². The van der Waals surface area contributed by atoms with Crippen LogP contribution in [0.3, 0.4) is 0 Å². The summed E-state index contributed by atoms with van der Waals surface area (Å²) >= 11 is 0. The Morgan fingerprint density at radius 1 is 1.07 bits per heavy atom. The number of amides is 2. The van der Waals surface area contributed by atoms with Crippen LogP contribution in [0.25, 0.3) is 10.9 Å². The van der Waals surface area contributed by atoms with Gasteiger partial charge in [0.1, 0.15) is 5.66 Å². The molecule has 1 aromatic heterocycles. The Hall–Kier alpha value is -3.28. The Morgan fingerprint density at radius 3 is 2.83 bits per heavy atom. The van der Waals surface area contributed by atoms with Gasteiger partial charge in [-0.1, -0.05) is 30.3 Å². The molecule has 2 amide bonds. The topological polar surface area (TPSA) is 77.2 Å². The highest BCUT2D eigenvalue weighted by Gasteiger charge is 2.59. The molecule has 3 aliphatic rings. The van der Waals surface area contributed by atoms with E-state index in [0.29, 0.717) is 12.0 Å². The molecule has 2 aromatic carbocycles. The van der Waals surface area contributed by atoms with Crippen molar-refractivity contribution >= 4 is 28.4 Å². The zero-order chi connectivity index (χ0) is 19.6. The second kappa shape index (κ2) is 5.86. The van der Waals surface area contributed by atoms with E-state index >= 15 is 0 Å². The average molecular weight is 386 g/mol. The van der Waals surface area contributed by atoms with Crippen molar-refractivity contribution in [1.82, 2.24) is 15.2 Å². The van der Waals surface area contributed by atoms with Crippen molar-refractivity contribution in [3.8, 4) is 0 Å². The molecule has 6 rings (SSSR count). The first-order chi connectivity index (χ1) is 14.1. The number of para-hydroxylation sites is 2. The van der Waals surface area contributed by atoms with Gasteiger partial charge in [0.2, 0.25) is 5.91 Å². The van der Waals surface area contributed by atoms with Gasteiger partial charge in [0.05, 0.1) is 18.0 Å². The van der Waals surface area contributed by atoms with Crippen LogP contribution in [0.5, 0.6) is 0 Å². The lowest BCUT2D eigenvalue weighted by Crippen LogP contribution is -2.64. The van der Waals surface area contributed by atoms with E-state index in [1.807, 2.05) is 59.6 Å². The summed E-state index contributed by atoms with van der Waals surface area (Å²) in [5, 5.41) is 7.88. The van der Waals surface area contributed by atoms with Crippen LogP contribution >= 0.6 is 0 Å². The van der Waals surface area contributed by atoms with Crippen LogP contribution in [0.1, 0.15) is 35.2 Å². The molecule has 4 heterocycles. The smallest absolute Gasteiger partial charge is 0.255 e. The summed E-state index contributed by atoms with van der Waals surface area (Å²) in [6.07, 6.45) is 4.95. The number of hydrogen-bond acceptors (Lipinski definition) is 3. The van der Waals surface area contributed by atoms with Crippen LogP contribution in [-0.4, -0.2) is 39.4 Å². The minimum atomic E-state index is -0.565. The Labute approximate surface area is 168 Å². The van der Waals surface area contributed by atoms with Gasteiger partial charge in [-0.15, -0.1) is 0 Å². The van der Waals surface area contributed by atoms with Gasteiger partial charge in [0, 0.05) is 35.2 Å². The zero-order valence-electron chi connectivity index (χ0n) is 15.9. The fourth-order valence-corrected chi connectivity index (χ4v) is 5.58. The number of aromatic amines is 1. The van der Waals surface area contributed by atoms with Crippen molar-refractivity contribution in [2.24, 2.45) is 0 Å². The molecule has 0 radical (unpaired) electrons. The second-order valence-corrected chi connectivity index (χ2v) is 8.38. The normalized spacial score (nSPS) is 27.2. The molecule has 3 N–H and O–H groups in total. The Bertz CT molecular complexity index is 1150. The summed E-state index contributed by atoms with van der Waals surface area (Å²) in [5.41, 5.74) is 3.03. The van der Waals surface area contributed by atoms with E-state index in [0.717, 1.165) is 41.4 Å². The van der Waals surface area contributed by atoms with Gasteiger partial charge in [-0.3, -0.25) is 9.59 Å². The number of rotatable bonds is 2. The predicted molar refractivity (Wildman–Crippen MR) is 111 cm³/mol. The third kappa shape index (κ3) is 2.35. The molecule has 3 unspecified atom stereocenters. The zero-order valence-corrected chi connectivity index (χ0v) is 15.9. The van der Waals surface area contributed by atoms with E-state index in [1.54, 1.807) is 0 Å². The number of aromatic nitrogens is 1. The highest BCUT2D eigenvalue weighted by Crippen LogP contribution is 2.46. The monoisotopic (exact) mass is 386 g/mol. The van der Waals surface area contributed by atoms with Crippen molar-refractivity contribution in [3.63, 3.8) is 0 Å². The van der Waals surface area contributed by atoms with Crippen LogP contribution in [0.2, 0.25) is 0 Å². The average Bonchev–Trinajstić information content (AvgIpc) is 3.40. The van der Waals surface area contributed by atoms with E-state index in [2.05, 4.69) is 15.6 Å². The highest BCUT2D eigenvalue weighted by atomic mass is 16.2. The molecular weight excluding hydrogens is 364 g/mol. The molecule has 0 saturated carbocycles. The summed E-state index contributed by atoms with van der Waals surface area (Å²) in [5.74, 6) is 0.0740. The predicted octanol–water partition coefficient (Wildman–Crippen LogP) is 3.03. The largest absolute Gasteiger partial charge is 0.361 e. The Morgan fingerprint density at radius 2 is 1.90 bits per heavy atom. The fourth-order valence-electron chi connectivity index (χ4n) is 5.58. The third-order valence-electron chi connectivity index (χ3n) is 6.80. The molecule has 3 aromatic rings. The Balaban J connectivity index is 1.30. The van der Waals surface area contributed by atoms with Crippen molar-refractivity contribution in [2.45, 2.75) is 43.4 Å². The second-order valence-electron chi connectivity index (χ2n) is 8.38. The van der Waals surface area contributed by atoms with E-state index in [9.17, 15) is 9.59 Å². The van der Waals surface area contributed by atoms with Gasteiger partial charge in [0.25, 0.3) is 5.91 Å². The molecule has 2 saturated heterocycles. The first kappa shape index (κ1) is 16.7. The number of hydrogen-bond donors (Lipinski definition) is 3. The van der Waals surface area contributed by atoms with Gasteiger partial charge < -0.3 is 20.5 Å². The number of H-pyrrole nitrogens is 1. The molecule has 3 aliphatic heterocycles. The van der Waals surface area contributed by atoms with E-state index in [4.69, 9.17) is 0 Å². The Kier molecular flexibility index (Phi) is 3.37. The maximum Gasteiger partial charge on any atom is 0.255 e. The summed E-state index contributed by atoms with van der Waals surface area (Å²) in [7, 11) is 0. The molecule has 0 aliphatic carbocycles. The lowest BCUT2D eigenvalue weighted by molar-refractivity contribution is -0.132. The van der Waals surface area contributed by atoms with Crippen molar-refractivity contribution in [2.75, 3.05) is 5.32 Å². The van der Waals surface area contributed by atoms with Crippen LogP contribution in [0.4, 0.5) is 5.69 Å². The lowest BCUT2D eigenvalue weighted by atomic mass is 9.86. The van der Waals surface area contributed by atoms with E-state index < -0.39 is 5.66 Å². The minimum Gasteiger partial charge on any atom is -0.361 e. The molecule has 1 spiro atoms. The molecule has 2 bridgehead atoms. The van der Waals surface area contributed by atoms with Crippen LogP contribution in [0.15, 0.2) is 54.7 Å². The van der Waals surface area contributed by atoms with Crippen molar-refractivity contribution < 1.29 is 9.59 Å². The van der Waals surface area contributed by atoms with Crippen molar-refractivity contribution in [3.05, 3.63) is 65.9 Å². The van der Waals surface area contributed by atoms with Crippen LogP contribution in [-0.2, 0) is 11.2 Å². The number of nitrogens with zero attached hydrogens (tertiary/aromatic N) is 1. The standard InChI is InChI=1S/C23H22N4O2/c28-21(11-14-13-24-18-7-3-1-5-16(14)18)27-15-9-10-20(27)23(12-15)25-19-8-4-2-6-17(19)22(29)26-23/h1-8,13,15,20,24-25H,9-12H2,(H,26,29). The number of fused-ring (bicyclic) bond motifs is 5. The van der Waals surface area contributed by atoms with Gasteiger partial charge in [-0.25, -0.2) is 0 Å². The number of nitrogens with one attached hydrogen (secondary N) is 3. The maximum atomic E-state index is 13.3. The first-order valence-corrected chi connectivity index (χ1v) is 10.2. The SMILES string of the molecule is O=C1NC2(CC3CCC2N3C(=O)Cc2c[nH]c3ccccc23)Nc2ccccc21. The number of benzene rings is 2. The summed E-state index contributed by atoms with van der Waals surface area (Å²) < 4.78 is 0. The molecule has 2 fully saturated rings. The molecule has 29 heavy (non-hydrogen) atoms. The number of anilines is 1. The summed E-state index contributed by atoms with van der Waals surface area (Å²) in [6.45, 7) is 0. The third-order valence-corrected chi connectivity index (χ3v) is 6.80. The van der Waals surface area contributed by atoms with Gasteiger partial charge in [-0.2, -0.15) is 0 Å². The van der Waals surface area contributed by atoms with Crippen molar-refractivity contribution in [1.29, 1.82) is 0 Å². The summed E-state index contributed by atoms with van der Waals surface area (Å²) in [6, 6.07) is 15.8. The van der Waals surface area contributed by atoms with E-state index in [-0.39, 0.29) is 23.9 Å². The number of carbonyl (C=O) groups excluding carboxylic acids is 2. The maximum absolute atomic E-state index is 13.3. The molecular formula is C23H22N4O2. The van der Waals surface area contributed by atoms with Gasteiger partial charge in [0.15, 0.2) is 0 Å². The fraction of sp³-hybridized carbons (Fsp3) is 0.304. The molecule has 6 nitrogen and oxygen atoms in total. The lowest BCUT2D eigenvalue weighted by Gasteiger charge is -2.43.